The van der Waals surface area contributed by atoms with E-state index in [4.69, 9.17) is 77.8 Å². The lowest BCUT2D eigenvalue weighted by Crippen LogP contribution is -2.04. The van der Waals surface area contributed by atoms with Gasteiger partial charge >= 0.3 is 52.5 Å². The minimum atomic E-state index is -5.42. The Hall–Kier alpha value is -2.95. The molecule has 302 valence electrons. The van der Waals surface area contributed by atoms with E-state index in [1.54, 1.807) is 0 Å². The van der Waals surface area contributed by atoms with Crippen molar-refractivity contribution in [1.82, 2.24) is 0 Å². The molecule has 0 fully saturated rings. The van der Waals surface area contributed by atoms with E-state index in [-0.39, 0.29) is 10.9 Å². The van der Waals surface area contributed by atoms with Gasteiger partial charge in [-0.15, -0.1) is 3.89 Å². The first-order chi connectivity index (χ1) is 22.6. The summed E-state index contributed by atoms with van der Waals surface area (Å²) in [6.45, 7) is 6.42. The second-order valence-electron chi connectivity index (χ2n) is 8.20. The van der Waals surface area contributed by atoms with E-state index in [1.807, 2.05) is 0 Å². The summed E-state index contributed by atoms with van der Waals surface area (Å²) in [5, 5.41) is 0. The van der Waals surface area contributed by atoms with Gasteiger partial charge in [-0.2, -0.15) is 42.1 Å². The topological polar surface area (TPSA) is 329 Å². The molecule has 0 radical (unpaired) electrons. The maximum atomic E-state index is 10.2. The molecule has 0 amide bonds. The summed E-state index contributed by atoms with van der Waals surface area (Å²) >= 11 is 0. The maximum Gasteiger partial charge on any atom is 0.435 e. The van der Waals surface area contributed by atoms with Gasteiger partial charge in [0.2, 0.25) is 0 Å². The van der Waals surface area contributed by atoms with Gasteiger partial charge in [0.05, 0.1) is 10.9 Å². The molecule has 3 aromatic carbocycles. The summed E-state index contributed by atoms with van der Waals surface area (Å²) < 4.78 is 206. The van der Waals surface area contributed by atoms with Crippen LogP contribution in [0, 0.1) is 20.8 Å². The molecule has 18 nitrogen and oxygen atoms in total. The van der Waals surface area contributed by atoms with Crippen molar-refractivity contribution < 1.29 is 101 Å². The molecule has 31 heteroatoms. The van der Waals surface area contributed by atoms with Gasteiger partial charge in [0, 0.05) is 0 Å². The Labute approximate surface area is 298 Å². The number of benzene rings is 3. The summed E-state index contributed by atoms with van der Waals surface area (Å²) in [7, 11) is -31.3. The second-order valence-corrected chi connectivity index (χ2v) is 15.1. The fourth-order valence-corrected chi connectivity index (χ4v) is 4.47. The fourth-order valence-electron chi connectivity index (χ4n) is 2.43. The average molecular weight is 905 g/mol. The third kappa shape index (κ3) is 65.4. The Kier molecular flexibility index (Phi) is 26.2. The Morgan fingerprint density at radius 1 is 0.385 bits per heavy atom. The highest BCUT2D eigenvalue weighted by atomic mass is 32.3. The van der Waals surface area contributed by atoms with Gasteiger partial charge in [0.1, 0.15) is 0 Å². The number of hydrogen-bond donors (Lipinski definition) is 5. The molecule has 0 saturated carbocycles. The van der Waals surface area contributed by atoms with E-state index in [1.165, 1.54) is 31.4 Å². The minimum Gasteiger partial charge on any atom is -0.722 e. The van der Waals surface area contributed by atoms with Crippen molar-refractivity contribution in [2.24, 2.45) is 0 Å². The van der Waals surface area contributed by atoms with Crippen molar-refractivity contribution >= 4 is 73.9 Å². The van der Waals surface area contributed by atoms with Crippen molar-refractivity contribution in [3.8, 4) is 0 Å². The maximum absolute atomic E-state index is 10.2. The van der Waals surface area contributed by atoms with Gasteiger partial charge in [0.15, 0.2) is 14.7 Å². The Morgan fingerprint density at radius 2 is 0.481 bits per heavy atom. The zero-order valence-corrected chi connectivity index (χ0v) is 31.3. The predicted octanol–water partition coefficient (Wildman–Crippen LogP) is 3.92. The van der Waals surface area contributed by atoms with Crippen LogP contribution < -0.4 is 0 Å². The first-order valence-corrected chi connectivity index (χ1v) is 20.8. The van der Waals surface area contributed by atoms with E-state index in [0.717, 1.165) is 0 Å². The number of hydrogen-bond acceptors (Lipinski definition) is 13. The van der Waals surface area contributed by atoms with Gasteiger partial charge in [-0.3, -0.25) is 22.8 Å². The summed E-state index contributed by atoms with van der Waals surface area (Å²) in [5.74, 6) is 0. The molecule has 0 saturated heterocycles. The second kappa shape index (κ2) is 24.4. The molecule has 0 spiro atoms. The van der Waals surface area contributed by atoms with E-state index in [2.05, 4.69) is 93.6 Å². The van der Waals surface area contributed by atoms with Gasteiger partial charge in [-0.05, 0) is 57.2 Å². The van der Waals surface area contributed by atoms with Crippen LogP contribution in [0.3, 0.4) is 0 Å². The average Bonchev–Trinajstić information content (AvgIpc) is 2.82. The molecular weight excluding hydrogens is 879 g/mol. The van der Waals surface area contributed by atoms with Crippen molar-refractivity contribution in [1.29, 1.82) is 0 Å². The van der Waals surface area contributed by atoms with Gasteiger partial charge in [-0.25, -0.2) is 8.42 Å². The molecule has 0 heterocycles. The van der Waals surface area contributed by atoms with Crippen LogP contribution in [-0.4, -0.2) is 77.8 Å². The largest absolute Gasteiger partial charge is 0.722 e. The van der Waals surface area contributed by atoms with E-state index in [9.17, 15) is 23.3 Å². The van der Waals surface area contributed by atoms with Gasteiger partial charge < -0.3 is 4.55 Å². The zero-order chi connectivity index (χ0) is 42.5. The van der Waals surface area contributed by atoms with Crippen LogP contribution in [0.4, 0.5) is 23.3 Å². The quantitative estimate of drug-likeness (QED) is 0.108. The third-order valence-corrected chi connectivity index (χ3v) is 6.00. The number of aryl methyl sites for hydroxylation is 3. The summed E-state index contributed by atoms with van der Waals surface area (Å²) in [5.41, 5.74) is 3.92. The first kappa shape index (κ1) is 55.8. The van der Waals surface area contributed by atoms with Crippen molar-refractivity contribution in [2.45, 2.75) is 35.5 Å². The van der Waals surface area contributed by atoms with Crippen LogP contribution in [0.25, 0.3) is 0 Å². The Balaban J connectivity index is -0.000000315. The molecule has 0 aliphatic rings. The van der Waals surface area contributed by atoms with E-state index < -0.39 is 63.0 Å². The summed E-state index contributed by atoms with van der Waals surface area (Å²) in [6, 6.07) is 26.8. The lowest BCUT2D eigenvalue weighted by Gasteiger charge is -2.09. The smallest absolute Gasteiger partial charge is 0.435 e. The van der Waals surface area contributed by atoms with E-state index in [0.29, 0.717) is 0 Å². The third-order valence-electron chi connectivity index (χ3n) is 3.77. The minimum absolute atomic E-state index is 0.0394. The lowest BCUT2D eigenvalue weighted by atomic mass is 10.2. The fraction of sp³-hybridized carbons (Fsp3) is 0.143. The van der Waals surface area contributed by atoms with Crippen molar-refractivity contribution in [3.63, 3.8) is 0 Å². The van der Waals surface area contributed by atoms with Crippen LogP contribution in [0.5, 0.6) is 0 Å². The highest BCUT2D eigenvalue weighted by Crippen LogP contribution is 2.31. The highest BCUT2D eigenvalue weighted by molar-refractivity contribution is 7.97. The molecule has 0 bridgehead atoms. The van der Waals surface area contributed by atoms with Crippen LogP contribution in [-0.2, 0) is 73.9 Å². The van der Waals surface area contributed by atoms with Crippen molar-refractivity contribution in [2.75, 3.05) is 0 Å². The van der Waals surface area contributed by atoms with Crippen LogP contribution in [0.15, 0.2) is 87.5 Å². The monoisotopic (exact) mass is 904 g/mol. The van der Waals surface area contributed by atoms with Crippen molar-refractivity contribution in [3.05, 3.63) is 89.5 Å². The van der Waals surface area contributed by atoms with E-state index >= 15 is 0 Å². The summed E-state index contributed by atoms with van der Waals surface area (Å²) in [6.07, 6.45) is 0. The Morgan fingerprint density at radius 3 is 0.577 bits per heavy atom. The zero-order valence-electron chi connectivity index (χ0n) is 25.6. The molecule has 0 aliphatic heterocycles. The van der Waals surface area contributed by atoms with Crippen LogP contribution in [0.2, 0.25) is 0 Å². The molecule has 0 unspecified atom stereocenters. The number of halogens is 6. The van der Waals surface area contributed by atoms with Gasteiger partial charge in [0.25, 0.3) is 10.5 Å². The molecular formula is C21H26F6O18S7. The Bertz CT molecular complexity index is 1760. The molecule has 0 atom stereocenters. The molecule has 5 N–H and O–H groups in total. The normalized spacial score (nSPS) is 11.3. The molecule has 3 rings (SSSR count). The molecule has 52 heavy (non-hydrogen) atoms. The molecule has 3 aromatic rings. The predicted molar refractivity (Wildman–Crippen MR) is 170 cm³/mol. The summed E-state index contributed by atoms with van der Waals surface area (Å²) in [4.78, 5) is 4.12. The first-order valence-electron chi connectivity index (χ1n) is 11.6. The highest BCUT2D eigenvalue weighted by Gasteiger charge is 2.28. The molecule has 0 aromatic heterocycles. The SMILES string of the molecule is Cc1ccc([S+](c2ccc(C)cc2)c2ccc(C)cc2)cc1.O=S(=O)(O)F.O=S(=O)(O)F.O=S(=O)(O)F.O=S(=O)(O)F.O=S(=O)(O)F.O=S(=O)([O-])F. The standard InChI is InChI=1S/C21H21S.6FHO3S/c1-16-4-10-19(11-5-16)22(20-12-6-17(2)7-13-20)21-14-8-18(3)9-15-21;6*1-5(2,3)4/h4-15H,1-3H3;6*(H,2,3,4)/q+1;;;;;;/p-1. The number of rotatable bonds is 3. The lowest BCUT2D eigenvalue weighted by molar-refractivity contribution is 0.416. The van der Waals surface area contributed by atoms with Crippen LogP contribution in [0.1, 0.15) is 16.7 Å². The van der Waals surface area contributed by atoms with Crippen LogP contribution >= 0.6 is 0 Å². The molecule has 0 aliphatic carbocycles. The van der Waals surface area contributed by atoms with Gasteiger partial charge in [-0.1, -0.05) is 72.5 Å².